The van der Waals surface area contributed by atoms with Crippen LogP contribution in [0.5, 0.6) is 5.75 Å². The smallest absolute Gasteiger partial charge is 0.261 e. The van der Waals surface area contributed by atoms with Gasteiger partial charge in [-0.25, -0.2) is 0 Å². The van der Waals surface area contributed by atoms with Crippen LogP contribution in [-0.4, -0.2) is 32.1 Å². The quantitative estimate of drug-likeness (QED) is 0.796. The van der Waals surface area contributed by atoms with E-state index in [-0.39, 0.29) is 5.91 Å². The molecular formula is C21H28N2O2. The van der Waals surface area contributed by atoms with Gasteiger partial charge >= 0.3 is 0 Å². The number of hydrogen-bond acceptors (Lipinski definition) is 3. The maximum absolute atomic E-state index is 12.4. The Labute approximate surface area is 150 Å². The van der Waals surface area contributed by atoms with Crippen LogP contribution < -0.4 is 15.0 Å². The van der Waals surface area contributed by atoms with Crippen LogP contribution in [0.1, 0.15) is 24.5 Å². The molecule has 0 aromatic heterocycles. The molecule has 1 unspecified atom stereocenters. The zero-order valence-corrected chi connectivity index (χ0v) is 15.6. The molecule has 2 aromatic carbocycles. The Bertz CT molecular complexity index is 686. The summed E-state index contributed by atoms with van der Waals surface area (Å²) in [6.07, 6.45) is 0.164. The van der Waals surface area contributed by atoms with Crippen molar-refractivity contribution in [2.24, 2.45) is 0 Å². The lowest BCUT2D eigenvalue weighted by Gasteiger charge is -2.21. The Balaban J connectivity index is 1.84. The first-order chi connectivity index (χ1) is 12.0. The largest absolute Gasteiger partial charge is 0.481 e. The van der Waals surface area contributed by atoms with Gasteiger partial charge in [-0.3, -0.25) is 4.79 Å². The number of aryl methyl sites for hydroxylation is 2. The fourth-order valence-corrected chi connectivity index (χ4v) is 2.55. The minimum atomic E-state index is -0.468. The third-order valence-corrected chi connectivity index (χ3v) is 4.36. The molecule has 2 aromatic rings. The van der Waals surface area contributed by atoms with Gasteiger partial charge in [0, 0.05) is 25.8 Å². The summed E-state index contributed by atoms with van der Waals surface area (Å²) in [5.41, 5.74) is 3.52. The molecule has 4 nitrogen and oxygen atoms in total. The lowest BCUT2D eigenvalue weighted by molar-refractivity contribution is -0.128. The van der Waals surface area contributed by atoms with Gasteiger partial charge in [0.25, 0.3) is 5.91 Å². The maximum atomic E-state index is 12.4. The average molecular weight is 340 g/mol. The number of nitrogens with one attached hydrogen (secondary N) is 1. The predicted molar refractivity (Wildman–Crippen MR) is 103 cm³/mol. The fourth-order valence-electron chi connectivity index (χ4n) is 2.55. The normalized spacial score (nSPS) is 11.7. The van der Waals surface area contributed by atoms with Crippen LogP contribution in [-0.2, 0) is 4.79 Å². The van der Waals surface area contributed by atoms with Crippen LogP contribution in [0.3, 0.4) is 0 Å². The Kier molecular flexibility index (Phi) is 6.87. The number of nitrogens with zero attached hydrogens (tertiary/aromatic N) is 1. The van der Waals surface area contributed by atoms with Crippen LogP contribution in [0, 0.1) is 13.8 Å². The first-order valence-electron chi connectivity index (χ1n) is 8.79. The van der Waals surface area contributed by atoms with Gasteiger partial charge < -0.3 is 15.0 Å². The van der Waals surface area contributed by atoms with Crippen molar-refractivity contribution in [3.05, 3.63) is 59.7 Å². The molecule has 2 rings (SSSR count). The summed E-state index contributed by atoms with van der Waals surface area (Å²) in [5.74, 6) is 0.675. The molecule has 0 aliphatic heterocycles. The second kappa shape index (κ2) is 9.11. The molecule has 0 fully saturated rings. The number of ether oxygens (including phenoxy) is 1. The first kappa shape index (κ1) is 18.8. The highest BCUT2D eigenvalue weighted by atomic mass is 16.5. The predicted octanol–water partition coefficient (Wildman–Crippen LogP) is 3.71. The Morgan fingerprint density at radius 1 is 1.12 bits per heavy atom. The molecule has 0 aliphatic rings. The summed E-state index contributed by atoms with van der Waals surface area (Å²) in [5, 5.41) is 2.97. The van der Waals surface area contributed by atoms with Crippen LogP contribution in [0.4, 0.5) is 5.69 Å². The second-order valence-electron chi connectivity index (χ2n) is 6.31. The monoisotopic (exact) mass is 340 g/mol. The van der Waals surface area contributed by atoms with E-state index in [9.17, 15) is 4.79 Å². The second-order valence-corrected chi connectivity index (χ2v) is 6.31. The molecule has 1 N–H and O–H groups in total. The van der Waals surface area contributed by atoms with E-state index in [1.165, 1.54) is 5.56 Å². The minimum Gasteiger partial charge on any atom is -0.481 e. The van der Waals surface area contributed by atoms with E-state index in [0.29, 0.717) is 13.0 Å². The lowest BCUT2D eigenvalue weighted by atomic mass is 10.1. The van der Waals surface area contributed by atoms with E-state index in [4.69, 9.17) is 4.74 Å². The lowest BCUT2D eigenvalue weighted by Crippen LogP contribution is -2.41. The highest BCUT2D eigenvalue weighted by Crippen LogP contribution is 2.18. The molecular weight excluding hydrogens is 312 g/mol. The minimum absolute atomic E-state index is 0.0674. The molecule has 1 atom stereocenters. The number of para-hydroxylation sites is 1. The number of benzene rings is 2. The summed E-state index contributed by atoms with van der Waals surface area (Å²) >= 11 is 0. The van der Waals surface area contributed by atoms with Crippen molar-refractivity contribution >= 4 is 11.6 Å². The molecule has 0 saturated heterocycles. The van der Waals surface area contributed by atoms with E-state index in [1.807, 2.05) is 57.3 Å². The van der Waals surface area contributed by atoms with Gasteiger partial charge in [0.05, 0.1) is 0 Å². The van der Waals surface area contributed by atoms with Crippen molar-refractivity contribution in [3.63, 3.8) is 0 Å². The highest BCUT2D eigenvalue weighted by Gasteiger charge is 2.18. The van der Waals surface area contributed by atoms with Gasteiger partial charge in [0.1, 0.15) is 5.75 Å². The van der Waals surface area contributed by atoms with Crippen molar-refractivity contribution < 1.29 is 9.53 Å². The zero-order chi connectivity index (χ0) is 18.2. The summed E-state index contributed by atoms with van der Waals surface area (Å²) in [4.78, 5) is 14.5. The highest BCUT2D eigenvalue weighted by molar-refractivity contribution is 5.81. The van der Waals surface area contributed by atoms with Gasteiger partial charge in [0.2, 0.25) is 0 Å². The third kappa shape index (κ3) is 5.52. The number of rotatable bonds is 8. The molecule has 0 spiro atoms. The van der Waals surface area contributed by atoms with Crippen molar-refractivity contribution in [1.82, 2.24) is 5.32 Å². The van der Waals surface area contributed by atoms with E-state index < -0.39 is 6.10 Å². The molecule has 134 valence electrons. The molecule has 0 bridgehead atoms. The summed E-state index contributed by atoms with van der Waals surface area (Å²) in [6.45, 7) is 7.39. The standard InChI is InChI=1S/C21H28N2O2/c1-5-20(25-19-12-11-16(2)17(3)15-19)21(24)22-13-14-23(4)18-9-7-6-8-10-18/h6-12,15,20H,5,13-14H2,1-4H3,(H,22,24). The number of likely N-dealkylation sites (N-methyl/N-ethyl adjacent to an activating group) is 1. The number of anilines is 1. The Morgan fingerprint density at radius 2 is 1.84 bits per heavy atom. The van der Waals surface area contributed by atoms with Gasteiger partial charge in [-0.15, -0.1) is 0 Å². The van der Waals surface area contributed by atoms with E-state index in [1.54, 1.807) is 0 Å². The zero-order valence-electron chi connectivity index (χ0n) is 15.6. The van der Waals surface area contributed by atoms with Gasteiger partial charge in [-0.1, -0.05) is 31.2 Å². The summed E-state index contributed by atoms with van der Waals surface area (Å²) in [6, 6.07) is 16.0. The summed E-state index contributed by atoms with van der Waals surface area (Å²) in [7, 11) is 2.02. The van der Waals surface area contributed by atoms with E-state index >= 15 is 0 Å². The third-order valence-electron chi connectivity index (χ3n) is 4.36. The van der Waals surface area contributed by atoms with Crippen LogP contribution in [0.25, 0.3) is 0 Å². The summed E-state index contributed by atoms with van der Waals surface area (Å²) < 4.78 is 5.88. The molecule has 1 amide bonds. The van der Waals surface area contributed by atoms with Crippen LogP contribution in [0.2, 0.25) is 0 Å². The van der Waals surface area contributed by atoms with Crippen LogP contribution in [0.15, 0.2) is 48.5 Å². The SMILES string of the molecule is CCC(Oc1ccc(C)c(C)c1)C(=O)NCCN(C)c1ccccc1. The van der Waals surface area contributed by atoms with E-state index in [0.717, 1.165) is 23.5 Å². The molecule has 4 heteroatoms. The number of carbonyl (C=O) groups is 1. The molecule has 0 aliphatic carbocycles. The number of carbonyl (C=O) groups excluding carboxylic acids is 1. The maximum Gasteiger partial charge on any atom is 0.261 e. The van der Waals surface area contributed by atoms with Crippen molar-refractivity contribution in [2.75, 3.05) is 25.0 Å². The van der Waals surface area contributed by atoms with Crippen molar-refractivity contribution in [3.8, 4) is 5.75 Å². The van der Waals surface area contributed by atoms with E-state index in [2.05, 4.69) is 29.3 Å². The first-order valence-corrected chi connectivity index (χ1v) is 8.79. The average Bonchev–Trinajstić information content (AvgIpc) is 2.63. The molecule has 0 heterocycles. The van der Waals surface area contributed by atoms with Crippen LogP contribution >= 0.6 is 0 Å². The Hall–Kier alpha value is -2.49. The topological polar surface area (TPSA) is 41.6 Å². The Morgan fingerprint density at radius 3 is 2.48 bits per heavy atom. The molecule has 0 radical (unpaired) electrons. The van der Waals surface area contributed by atoms with Crippen molar-refractivity contribution in [2.45, 2.75) is 33.3 Å². The molecule has 25 heavy (non-hydrogen) atoms. The number of amides is 1. The van der Waals surface area contributed by atoms with Gasteiger partial charge in [-0.2, -0.15) is 0 Å². The van der Waals surface area contributed by atoms with Gasteiger partial charge in [-0.05, 0) is 55.7 Å². The molecule has 0 saturated carbocycles. The fraction of sp³-hybridized carbons (Fsp3) is 0.381. The van der Waals surface area contributed by atoms with Gasteiger partial charge in [0.15, 0.2) is 6.10 Å². The number of hydrogen-bond donors (Lipinski definition) is 1. The van der Waals surface area contributed by atoms with Crippen molar-refractivity contribution in [1.29, 1.82) is 0 Å².